The van der Waals surface area contributed by atoms with Crippen molar-refractivity contribution in [2.24, 2.45) is 0 Å². The minimum absolute atomic E-state index is 0.0788. The molecule has 2 unspecified atom stereocenters. The van der Waals surface area contributed by atoms with Gasteiger partial charge in [0.25, 0.3) is 5.56 Å². The Morgan fingerprint density at radius 1 is 1.26 bits per heavy atom. The number of hydrogen-bond acceptors (Lipinski definition) is 3. The predicted octanol–water partition coefficient (Wildman–Crippen LogP) is 2.11. The Bertz CT molecular complexity index is 840. The molecule has 1 amide bonds. The Morgan fingerprint density at radius 3 is 3.00 bits per heavy atom. The number of aryl methyl sites for hydroxylation is 1. The van der Waals surface area contributed by atoms with Crippen LogP contribution in [0.15, 0.2) is 47.5 Å². The quantitative estimate of drug-likeness (QED) is 0.816. The van der Waals surface area contributed by atoms with E-state index >= 15 is 0 Å². The summed E-state index contributed by atoms with van der Waals surface area (Å²) in [7, 11) is 0. The third-order valence-corrected chi connectivity index (χ3v) is 4.90. The highest BCUT2D eigenvalue weighted by Crippen LogP contribution is 2.31. The summed E-state index contributed by atoms with van der Waals surface area (Å²) in [5.74, 6) is 0.141. The van der Waals surface area contributed by atoms with Gasteiger partial charge in [0, 0.05) is 19.0 Å². The van der Waals surface area contributed by atoms with E-state index in [9.17, 15) is 9.59 Å². The highest BCUT2D eigenvalue weighted by molar-refractivity contribution is 5.78. The van der Waals surface area contributed by atoms with Crippen LogP contribution in [0.4, 0.5) is 0 Å². The maximum Gasteiger partial charge on any atom is 0.261 e. The van der Waals surface area contributed by atoms with Gasteiger partial charge in [0.2, 0.25) is 5.91 Å². The van der Waals surface area contributed by atoms with Crippen molar-refractivity contribution in [2.75, 3.05) is 0 Å². The fourth-order valence-corrected chi connectivity index (χ4v) is 3.72. The first-order valence-corrected chi connectivity index (χ1v) is 8.16. The topological polar surface area (TPSA) is 55.2 Å². The lowest BCUT2D eigenvalue weighted by molar-refractivity contribution is -0.133. The summed E-state index contributed by atoms with van der Waals surface area (Å²) in [5, 5.41) is 0.600. The standard InChI is InChI=1S/C18H19N3O2/c22-17(21-13-4-3-5-14(21)9-8-13)10-11-20-12-19-16-7-2-1-6-15(16)18(20)23/h1-4,6-7,12-14H,5,8-11H2. The zero-order chi connectivity index (χ0) is 15.8. The van der Waals surface area contributed by atoms with E-state index in [0.29, 0.717) is 29.9 Å². The normalized spacial score (nSPS) is 22.7. The van der Waals surface area contributed by atoms with E-state index in [4.69, 9.17) is 0 Å². The van der Waals surface area contributed by atoms with Crippen LogP contribution in [0.2, 0.25) is 0 Å². The van der Waals surface area contributed by atoms with Gasteiger partial charge < -0.3 is 4.90 Å². The van der Waals surface area contributed by atoms with E-state index in [1.165, 1.54) is 0 Å². The van der Waals surface area contributed by atoms with E-state index in [1.807, 2.05) is 23.1 Å². The Morgan fingerprint density at radius 2 is 2.13 bits per heavy atom. The number of para-hydroxylation sites is 1. The molecule has 2 aliphatic heterocycles. The number of benzene rings is 1. The lowest BCUT2D eigenvalue weighted by Crippen LogP contribution is -2.42. The minimum atomic E-state index is -0.0788. The molecular weight excluding hydrogens is 290 g/mol. The number of fused-ring (bicyclic) bond motifs is 3. The molecule has 23 heavy (non-hydrogen) atoms. The largest absolute Gasteiger partial charge is 0.333 e. The number of carbonyl (C=O) groups excluding carboxylic acids is 1. The predicted molar refractivity (Wildman–Crippen MR) is 88.0 cm³/mol. The van der Waals surface area contributed by atoms with Gasteiger partial charge in [0.1, 0.15) is 0 Å². The Kier molecular flexibility index (Phi) is 3.48. The van der Waals surface area contributed by atoms with Crippen LogP contribution in [0.25, 0.3) is 10.9 Å². The molecule has 2 aliphatic rings. The summed E-state index contributed by atoms with van der Waals surface area (Å²) in [6.07, 6.45) is 9.32. The maximum absolute atomic E-state index is 12.6. The van der Waals surface area contributed by atoms with Crippen molar-refractivity contribution in [1.82, 2.24) is 14.5 Å². The Hall–Kier alpha value is -2.43. The molecule has 1 aromatic carbocycles. The Balaban J connectivity index is 1.51. The molecule has 0 N–H and O–H groups in total. The summed E-state index contributed by atoms with van der Waals surface area (Å²) in [6.45, 7) is 0.384. The molecule has 0 aliphatic carbocycles. The van der Waals surface area contributed by atoms with Gasteiger partial charge in [-0.2, -0.15) is 0 Å². The first kappa shape index (κ1) is 14.2. The molecule has 2 aromatic rings. The highest BCUT2D eigenvalue weighted by Gasteiger charge is 2.36. The summed E-state index contributed by atoms with van der Waals surface area (Å²) in [5.41, 5.74) is 0.615. The molecule has 3 heterocycles. The molecule has 2 atom stereocenters. The molecule has 4 rings (SSSR count). The van der Waals surface area contributed by atoms with Crippen molar-refractivity contribution in [3.63, 3.8) is 0 Å². The average molecular weight is 309 g/mol. The first-order valence-electron chi connectivity index (χ1n) is 8.16. The molecule has 5 nitrogen and oxygen atoms in total. The molecule has 0 radical (unpaired) electrons. The molecule has 0 saturated carbocycles. The van der Waals surface area contributed by atoms with Crippen molar-refractivity contribution in [3.8, 4) is 0 Å². The number of nitrogens with zero attached hydrogens (tertiary/aromatic N) is 3. The molecule has 1 saturated heterocycles. The second-order valence-electron chi connectivity index (χ2n) is 6.27. The van der Waals surface area contributed by atoms with Crippen LogP contribution < -0.4 is 5.56 Å². The van der Waals surface area contributed by atoms with Crippen LogP contribution in [-0.2, 0) is 11.3 Å². The van der Waals surface area contributed by atoms with Crippen LogP contribution >= 0.6 is 0 Å². The zero-order valence-corrected chi connectivity index (χ0v) is 12.9. The highest BCUT2D eigenvalue weighted by atomic mass is 16.2. The average Bonchev–Trinajstić information content (AvgIpc) is 2.83. The molecule has 118 valence electrons. The minimum Gasteiger partial charge on any atom is -0.333 e. The van der Waals surface area contributed by atoms with Crippen LogP contribution in [0.1, 0.15) is 25.7 Å². The smallest absolute Gasteiger partial charge is 0.261 e. The van der Waals surface area contributed by atoms with Gasteiger partial charge in [-0.15, -0.1) is 0 Å². The summed E-state index contributed by atoms with van der Waals surface area (Å²) in [4.78, 5) is 31.3. The van der Waals surface area contributed by atoms with Crippen molar-refractivity contribution in [1.29, 1.82) is 0 Å². The van der Waals surface area contributed by atoms with Gasteiger partial charge in [-0.3, -0.25) is 14.2 Å². The number of amides is 1. The monoisotopic (exact) mass is 309 g/mol. The van der Waals surface area contributed by atoms with Gasteiger partial charge >= 0.3 is 0 Å². The molecule has 5 heteroatoms. The van der Waals surface area contributed by atoms with E-state index in [2.05, 4.69) is 17.1 Å². The van der Waals surface area contributed by atoms with Crippen LogP contribution in [0.5, 0.6) is 0 Å². The van der Waals surface area contributed by atoms with E-state index in [1.54, 1.807) is 17.0 Å². The van der Waals surface area contributed by atoms with Crippen molar-refractivity contribution >= 4 is 16.8 Å². The fraction of sp³-hybridized carbons (Fsp3) is 0.389. The van der Waals surface area contributed by atoms with Gasteiger partial charge in [-0.05, 0) is 31.4 Å². The maximum atomic E-state index is 12.6. The molecule has 2 bridgehead atoms. The number of carbonyl (C=O) groups is 1. The third-order valence-electron chi connectivity index (χ3n) is 4.90. The van der Waals surface area contributed by atoms with Crippen molar-refractivity contribution < 1.29 is 4.79 Å². The number of hydrogen-bond donors (Lipinski definition) is 0. The van der Waals surface area contributed by atoms with Crippen LogP contribution in [-0.4, -0.2) is 32.4 Å². The molecule has 0 spiro atoms. The SMILES string of the molecule is O=C(CCn1cnc2ccccc2c1=O)N1C2C=CCC1CC2. The van der Waals surface area contributed by atoms with E-state index < -0.39 is 0 Å². The number of rotatable bonds is 3. The third kappa shape index (κ3) is 2.46. The van der Waals surface area contributed by atoms with Crippen LogP contribution in [0.3, 0.4) is 0 Å². The number of aromatic nitrogens is 2. The van der Waals surface area contributed by atoms with E-state index in [-0.39, 0.29) is 17.5 Å². The first-order chi connectivity index (χ1) is 11.2. The van der Waals surface area contributed by atoms with Crippen molar-refractivity contribution in [2.45, 2.75) is 44.3 Å². The van der Waals surface area contributed by atoms with Crippen LogP contribution in [0, 0.1) is 0 Å². The van der Waals surface area contributed by atoms with E-state index in [0.717, 1.165) is 19.3 Å². The molecule has 1 aromatic heterocycles. The fourth-order valence-electron chi connectivity index (χ4n) is 3.72. The summed E-state index contributed by atoms with van der Waals surface area (Å²) in [6, 6.07) is 7.90. The second kappa shape index (κ2) is 5.65. The zero-order valence-electron chi connectivity index (χ0n) is 12.9. The molecular formula is C18H19N3O2. The molecule has 1 fully saturated rings. The Labute approximate surface area is 134 Å². The van der Waals surface area contributed by atoms with Crippen molar-refractivity contribution in [3.05, 3.63) is 53.1 Å². The lowest BCUT2D eigenvalue weighted by Gasteiger charge is -2.31. The van der Waals surface area contributed by atoms with Gasteiger partial charge in [0.15, 0.2) is 0 Å². The summed E-state index contributed by atoms with van der Waals surface area (Å²) >= 11 is 0. The van der Waals surface area contributed by atoms with Gasteiger partial charge in [-0.1, -0.05) is 24.3 Å². The van der Waals surface area contributed by atoms with Gasteiger partial charge in [-0.25, -0.2) is 4.98 Å². The van der Waals surface area contributed by atoms with Gasteiger partial charge in [0.05, 0.1) is 23.3 Å². The summed E-state index contributed by atoms with van der Waals surface area (Å²) < 4.78 is 1.54. The lowest BCUT2D eigenvalue weighted by atomic mass is 10.1. The second-order valence-corrected chi connectivity index (χ2v) is 6.27.